The molecule has 1 aromatic heterocycles. The van der Waals surface area contributed by atoms with Crippen LogP contribution < -0.4 is 5.73 Å². The molecule has 0 unspecified atom stereocenters. The number of aromatic nitrogens is 1. The Labute approximate surface area is 136 Å². The molecule has 3 rings (SSSR count). The maximum absolute atomic E-state index is 12.0. The molecule has 1 heterocycles. The fourth-order valence-corrected chi connectivity index (χ4v) is 3.15. The van der Waals surface area contributed by atoms with Crippen molar-refractivity contribution in [3.05, 3.63) is 83.2 Å². The van der Waals surface area contributed by atoms with Gasteiger partial charge in [-0.15, -0.1) is 0 Å². The Kier molecular flexibility index (Phi) is 4.02. The lowest BCUT2D eigenvalue weighted by molar-refractivity contribution is 0.1000. The number of hydrogen-bond donors (Lipinski definition) is 1. The van der Waals surface area contributed by atoms with Crippen molar-refractivity contribution in [3.63, 3.8) is 0 Å². The molecule has 0 saturated heterocycles. The van der Waals surface area contributed by atoms with Crippen LogP contribution in [0.3, 0.4) is 0 Å². The molecule has 116 valence electrons. The fraction of sp³-hybridized carbons (Fsp3) is 0.150. The van der Waals surface area contributed by atoms with Crippen molar-refractivity contribution in [2.45, 2.75) is 20.4 Å². The van der Waals surface area contributed by atoms with Crippen LogP contribution in [0, 0.1) is 13.8 Å². The van der Waals surface area contributed by atoms with Gasteiger partial charge in [0.2, 0.25) is 0 Å². The lowest BCUT2D eigenvalue weighted by Gasteiger charge is -2.10. The van der Waals surface area contributed by atoms with Crippen LogP contribution in [0.25, 0.3) is 11.1 Å². The standard InChI is InChI=1S/C20H20N2O/c1-14-18(17-11-7-4-8-12-17)19(20(21)23)15(2)22(14)13-16-9-5-3-6-10-16/h3-12H,13H2,1-2H3,(H2,21,23). The van der Waals surface area contributed by atoms with Crippen LogP contribution >= 0.6 is 0 Å². The zero-order valence-electron chi connectivity index (χ0n) is 13.4. The number of nitrogens with two attached hydrogens (primary N) is 1. The van der Waals surface area contributed by atoms with Crippen molar-refractivity contribution >= 4 is 5.91 Å². The molecule has 23 heavy (non-hydrogen) atoms. The second-order valence-corrected chi connectivity index (χ2v) is 5.72. The fourth-order valence-electron chi connectivity index (χ4n) is 3.15. The number of amides is 1. The number of primary amides is 1. The topological polar surface area (TPSA) is 48.0 Å². The number of hydrogen-bond acceptors (Lipinski definition) is 1. The van der Waals surface area contributed by atoms with E-state index in [2.05, 4.69) is 16.7 Å². The second-order valence-electron chi connectivity index (χ2n) is 5.72. The largest absolute Gasteiger partial charge is 0.366 e. The monoisotopic (exact) mass is 304 g/mol. The molecule has 0 spiro atoms. The number of nitrogens with zero attached hydrogens (tertiary/aromatic N) is 1. The van der Waals surface area contributed by atoms with E-state index >= 15 is 0 Å². The van der Waals surface area contributed by atoms with E-state index in [0.29, 0.717) is 5.56 Å². The molecule has 0 bridgehead atoms. The van der Waals surface area contributed by atoms with E-state index in [1.165, 1.54) is 5.56 Å². The normalized spacial score (nSPS) is 10.7. The molecule has 3 aromatic rings. The highest BCUT2D eigenvalue weighted by Gasteiger charge is 2.22. The molecule has 2 N–H and O–H groups in total. The first kappa shape index (κ1) is 15.1. The van der Waals surface area contributed by atoms with E-state index in [9.17, 15) is 4.79 Å². The van der Waals surface area contributed by atoms with E-state index in [0.717, 1.165) is 29.1 Å². The van der Waals surface area contributed by atoms with Gasteiger partial charge in [-0.2, -0.15) is 0 Å². The van der Waals surface area contributed by atoms with Crippen molar-refractivity contribution in [1.29, 1.82) is 0 Å². The molecular formula is C20H20N2O. The first-order chi connectivity index (χ1) is 11.1. The average molecular weight is 304 g/mol. The minimum Gasteiger partial charge on any atom is -0.366 e. The Morgan fingerprint density at radius 3 is 2.04 bits per heavy atom. The molecule has 2 aromatic carbocycles. The third-order valence-corrected chi connectivity index (χ3v) is 4.28. The van der Waals surface area contributed by atoms with Gasteiger partial charge in [0.1, 0.15) is 0 Å². The second kappa shape index (κ2) is 6.13. The minimum atomic E-state index is -0.378. The Morgan fingerprint density at radius 1 is 0.913 bits per heavy atom. The highest BCUT2D eigenvalue weighted by Crippen LogP contribution is 2.32. The maximum atomic E-state index is 12.0. The zero-order chi connectivity index (χ0) is 16.4. The van der Waals surface area contributed by atoms with Crippen molar-refractivity contribution < 1.29 is 4.79 Å². The van der Waals surface area contributed by atoms with Crippen LogP contribution in [0.1, 0.15) is 27.3 Å². The molecule has 0 aliphatic carbocycles. The van der Waals surface area contributed by atoms with Gasteiger partial charge in [0.05, 0.1) is 5.56 Å². The quantitative estimate of drug-likeness (QED) is 0.780. The average Bonchev–Trinajstić information content (AvgIpc) is 2.81. The van der Waals surface area contributed by atoms with Gasteiger partial charge in [-0.1, -0.05) is 60.7 Å². The third-order valence-electron chi connectivity index (χ3n) is 4.28. The number of rotatable bonds is 4. The molecule has 3 heteroatoms. The van der Waals surface area contributed by atoms with Crippen LogP contribution in [0.5, 0.6) is 0 Å². The number of carbonyl (C=O) groups excluding carboxylic acids is 1. The van der Waals surface area contributed by atoms with Crippen molar-refractivity contribution in [1.82, 2.24) is 4.57 Å². The predicted octanol–water partition coefficient (Wildman–Crippen LogP) is 3.92. The molecule has 0 saturated carbocycles. The van der Waals surface area contributed by atoms with Gasteiger partial charge in [0.15, 0.2) is 0 Å². The first-order valence-electron chi connectivity index (χ1n) is 7.68. The van der Waals surface area contributed by atoms with E-state index in [1.54, 1.807) is 0 Å². The van der Waals surface area contributed by atoms with E-state index < -0.39 is 0 Å². The lowest BCUT2D eigenvalue weighted by Crippen LogP contribution is -2.13. The SMILES string of the molecule is Cc1c(C(N)=O)c(-c2ccccc2)c(C)n1Cc1ccccc1. The Bertz CT molecular complexity index is 833. The smallest absolute Gasteiger partial charge is 0.251 e. The van der Waals surface area contributed by atoms with Gasteiger partial charge in [-0.25, -0.2) is 0 Å². The van der Waals surface area contributed by atoms with Gasteiger partial charge in [0.25, 0.3) is 5.91 Å². The zero-order valence-corrected chi connectivity index (χ0v) is 13.4. The van der Waals surface area contributed by atoms with E-state index in [4.69, 9.17) is 5.73 Å². The van der Waals surface area contributed by atoms with Gasteiger partial charge < -0.3 is 10.3 Å². The van der Waals surface area contributed by atoms with Crippen LogP contribution in [-0.2, 0) is 6.54 Å². The molecule has 0 atom stereocenters. The highest BCUT2D eigenvalue weighted by atomic mass is 16.1. The Hall–Kier alpha value is -2.81. The van der Waals surface area contributed by atoms with Gasteiger partial charge in [0, 0.05) is 23.5 Å². The summed E-state index contributed by atoms with van der Waals surface area (Å²) in [5.74, 6) is -0.378. The summed E-state index contributed by atoms with van der Waals surface area (Å²) < 4.78 is 2.16. The molecule has 0 radical (unpaired) electrons. The summed E-state index contributed by atoms with van der Waals surface area (Å²) in [6, 6.07) is 20.2. The summed E-state index contributed by atoms with van der Waals surface area (Å²) in [5.41, 5.74) is 11.4. The number of carbonyl (C=O) groups is 1. The van der Waals surface area contributed by atoms with Crippen molar-refractivity contribution in [2.75, 3.05) is 0 Å². The van der Waals surface area contributed by atoms with Crippen molar-refractivity contribution in [3.8, 4) is 11.1 Å². The van der Waals surface area contributed by atoms with Crippen LogP contribution in [0.4, 0.5) is 0 Å². The van der Waals surface area contributed by atoms with E-state index in [-0.39, 0.29) is 5.91 Å². The molecule has 1 amide bonds. The Morgan fingerprint density at radius 2 is 1.48 bits per heavy atom. The maximum Gasteiger partial charge on any atom is 0.251 e. The van der Waals surface area contributed by atoms with Gasteiger partial charge in [-0.3, -0.25) is 4.79 Å². The van der Waals surface area contributed by atoms with Crippen LogP contribution in [0.2, 0.25) is 0 Å². The summed E-state index contributed by atoms with van der Waals surface area (Å²) >= 11 is 0. The number of benzene rings is 2. The molecule has 0 aliphatic heterocycles. The lowest BCUT2D eigenvalue weighted by atomic mass is 10.0. The Balaban J connectivity index is 2.17. The van der Waals surface area contributed by atoms with Crippen molar-refractivity contribution in [2.24, 2.45) is 5.73 Å². The summed E-state index contributed by atoms with van der Waals surface area (Å²) in [4.78, 5) is 12.0. The summed E-state index contributed by atoms with van der Waals surface area (Å²) in [5, 5.41) is 0. The first-order valence-corrected chi connectivity index (χ1v) is 7.68. The summed E-state index contributed by atoms with van der Waals surface area (Å²) in [6.07, 6.45) is 0. The van der Waals surface area contributed by atoms with E-state index in [1.807, 2.05) is 62.4 Å². The highest BCUT2D eigenvalue weighted by molar-refractivity contribution is 6.02. The molecule has 0 fully saturated rings. The van der Waals surface area contributed by atoms with Gasteiger partial charge >= 0.3 is 0 Å². The molecular weight excluding hydrogens is 284 g/mol. The van der Waals surface area contributed by atoms with Gasteiger partial charge in [-0.05, 0) is 25.0 Å². The van der Waals surface area contributed by atoms with Crippen LogP contribution in [0.15, 0.2) is 60.7 Å². The molecule has 0 aliphatic rings. The summed E-state index contributed by atoms with van der Waals surface area (Å²) in [7, 11) is 0. The summed E-state index contributed by atoms with van der Waals surface area (Å²) in [6.45, 7) is 4.73. The van der Waals surface area contributed by atoms with Crippen LogP contribution in [-0.4, -0.2) is 10.5 Å². The predicted molar refractivity (Wildman–Crippen MR) is 93.4 cm³/mol. The minimum absolute atomic E-state index is 0.378. The molecule has 3 nitrogen and oxygen atoms in total. The third kappa shape index (κ3) is 2.78.